The lowest BCUT2D eigenvalue weighted by Gasteiger charge is -2.25. The molecule has 3 atom stereocenters. The molecule has 0 aliphatic carbocycles. The van der Waals surface area contributed by atoms with Crippen LogP contribution < -0.4 is 11.1 Å². The quantitative estimate of drug-likeness (QED) is 0.0361. The van der Waals surface area contributed by atoms with Crippen LogP contribution in [-0.4, -0.2) is 47.8 Å². The van der Waals surface area contributed by atoms with E-state index >= 15 is 0 Å². The van der Waals surface area contributed by atoms with Crippen molar-refractivity contribution in [3.05, 3.63) is 0 Å². The molecule has 0 heterocycles. The molecule has 0 aromatic carbocycles. The van der Waals surface area contributed by atoms with Gasteiger partial charge < -0.3 is 21.1 Å². The number of carbonyl (C=O) groups excluding carboxylic acids is 1. The first-order chi connectivity index (χ1) is 24.9. The van der Waals surface area contributed by atoms with Gasteiger partial charge in [-0.05, 0) is 12.8 Å². The predicted molar refractivity (Wildman–Crippen MR) is 217 cm³/mol. The fourth-order valence-electron chi connectivity index (χ4n) is 6.84. The van der Waals surface area contributed by atoms with E-state index in [2.05, 4.69) is 19.2 Å². The van der Waals surface area contributed by atoms with Gasteiger partial charge in [0.1, 0.15) is 0 Å². The lowest BCUT2D eigenvalue weighted by Crippen LogP contribution is -2.46. The summed E-state index contributed by atoms with van der Waals surface area (Å²) in [5.74, 6) is -0.157. The van der Waals surface area contributed by atoms with Crippen LogP contribution in [0, 0.1) is 0 Å². The first kappa shape index (κ1) is 50.5. The maximum Gasteiger partial charge on any atom is 0.472 e. The topological polar surface area (TPSA) is 131 Å². The van der Waals surface area contributed by atoms with Crippen molar-refractivity contribution in [2.45, 2.75) is 244 Å². The van der Waals surface area contributed by atoms with Crippen LogP contribution in [-0.2, 0) is 18.4 Å². The Balaban J connectivity index is 4.09. The van der Waals surface area contributed by atoms with E-state index in [-0.39, 0.29) is 25.7 Å². The second-order valence-electron chi connectivity index (χ2n) is 15.3. The smallest absolute Gasteiger partial charge is 0.391 e. The largest absolute Gasteiger partial charge is 0.472 e. The molecule has 0 radical (unpaired) electrons. The monoisotopic (exact) mass is 747 g/mol. The zero-order valence-electron chi connectivity index (χ0n) is 33.9. The van der Waals surface area contributed by atoms with Gasteiger partial charge in [0.25, 0.3) is 0 Å². The molecule has 0 aromatic rings. The number of phosphoric ester groups is 1. The molecule has 0 bridgehead atoms. The average Bonchev–Trinajstić information content (AvgIpc) is 3.12. The molecule has 0 spiro atoms. The SMILES string of the molecule is CCCCCCCCCCCCCCCCCCCCC(=O)N[C@@H](COP(=O)(O)OCCN)[C@H](O)CCCCCCCCCCCCCCCC. The summed E-state index contributed by atoms with van der Waals surface area (Å²) >= 11 is 0. The van der Waals surface area contributed by atoms with Gasteiger partial charge in [-0.3, -0.25) is 13.8 Å². The van der Waals surface area contributed by atoms with Crippen molar-refractivity contribution in [1.29, 1.82) is 0 Å². The van der Waals surface area contributed by atoms with Gasteiger partial charge in [0.05, 0.1) is 25.4 Å². The minimum Gasteiger partial charge on any atom is -0.391 e. The zero-order chi connectivity index (χ0) is 37.5. The van der Waals surface area contributed by atoms with Crippen LogP contribution in [0.2, 0.25) is 0 Å². The fourth-order valence-corrected chi connectivity index (χ4v) is 7.60. The van der Waals surface area contributed by atoms with Crippen molar-refractivity contribution in [2.75, 3.05) is 19.8 Å². The Bertz CT molecular complexity index is 774. The molecule has 51 heavy (non-hydrogen) atoms. The number of phosphoric acid groups is 1. The molecule has 0 saturated heterocycles. The van der Waals surface area contributed by atoms with E-state index in [1.54, 1.807) is 0 Å². The molecular formula is C42H87N2O6P. The third-order valence-corrected chi connectivity index (χ3v) is 11.2. The number of aliphatic hydroxyl groups excluding tert-OH is 1. The highest BCUT2D eigenvalue weighted by Gasteiger charge is 2.27. The summed E-state index contributed by atoms with van der Waals surface area (Å²) in [6.45, 7) is 4.24. The van der Waals surface area contributed by atoms with Crippen molar-refractivity contribution >= 4 is 13.7 Å². The number of unbranched alkanes of at least 4 members (excludes halogenated alkanes) is 30. The maximum atomic E-state index is 12.8. The predicted octanol–water partition coefficient (Wildman–Crippen LogP) is 12.2. The van der Waals surface area contributed by atoms with Crippen molar-refractivity contribution in [3.63, 3.8) is 0 Å². The second-order valence-corrected chi connectivity index (χ2v) is 16.7. The molecule has 1 unspecified atom stereocenters. The molecule has 8 nitrogen and oxygen atoms in total. The Hall–Kier alpha value is -0.500. The number of hydrogen-bond donors (Lipinski definition) is 4. The Morgan fingerprint density at radius 2 is 0.902 bits per heavy atom. The molecule has 0 aliphatic rings. The second kappa shape index (κ2) is 39.2. The molecule has 5 N–H and O–H groups in total. The first-order valence-corrected chi connectivity index (χ1v) is 23.6. The summed E-state index contributed by atoms with van der Waals surface area (Å²) in [7, 11) is -4.31. The van der Waals surface area contributed by atoms with Crippen LogP contribution in [0.25, 0.3) is 0 Å². The third-order valence-electron chi connectivity index (χ3n) is 10.2. The summed E-state index contributed by atoms with van der Waals surface area (Å²) in [5, 5.41) is 13.8. The van der Waals surface area contributed by atoms with Crippen LogP contribution in [0.4, 0.5) is 0 Å². The van der Waals surface area contributed by atoms with Gasteiger partial charge in [0.2, 0.25) is 5.91 Å². The molecule has 0 aromatic heterocycles. The van der Waals surface area contributed by atoms with Gasteiger partial charge in [-0.25, -0.2) is 4.57 Å². The number of rotatable bonds is 42. The highest BCUT2D eigenvalue weighted by molar-refractivity contribution is 7.47. The molecule has 0 saturated carbocycles. The maximum absolute atomic E-state index is 12.8. The van der Waals surface area contributed by atoms with Crippen molar-refractivity contribution < 1.29 is 28.4 Å². The summed E-state index contributed by atoms with van der Waals surface area (Å²) in [6, 6.07) is -0.767. The van der Waals surface area contributed by atoms with Gasteiger partial charge in [0.15, 0.2) is 0 Å². The normalized spacial score (nSPS) is 14.1. The molecule has 0 fully saturated rings. The zero-order valence-corrected chi connectivity index (χ0v) is 34.8. The van der Waals surface area contributed by atoms with Crippen molar-refractivity contribution in [2.24, 2.45) is 5.73 Å². The molecule has 306 valence electrons. The lowest BCUT2D eigenvalue weighted by atomic mass is 10.0. The molecule has 0 rings (SSSR count). The van der Waals surface area contributed by atoms with Crippen molar-refractivity contribution in [1.82, 2.24) is 5.32 Å². The first-order valence-electron chi connectivity index (χ1n) is 22.2. The molecule has 1 amide bonds. The Kier molecular flexibility index (Phi) is 38.8. The number of amides is 1. The van der Waals surface area contributed by atoms with Crippen LogP contribution in [0.15, 0.2) is 0 Å². The number of nitrogens with two attached hydrogens (primary N) is 1. The minimum atomic E-state index is -4.31. The summed E-state index contributed by atoms with van der Waals surface area (Å²) < 4.78 is 22.2. The number of carbonyl (C=O) groups is 1. The van der Waals surface area contributed by atoms with E-state index in [1.165, 1.54) is 167 Å². The van der Waals surface area contributed by atoms with E-state index < -0.39 is 20.0 Å². The number of hydrogen-bond acceptors (Lipinski definition) is 6. The van der Waals surface area contributed by atoms with Gasteiger partial charge in [-0.15, -0.1) is 0 Å². The third kappa shape index (κ3) is 37.6. The van der Waals surface area contributed by atoms with Crippen LogP contribution in [0.1, 0.15) is 232 Å². The standard InChI is InChI=1S/C42H87N2O6P/c1-3-5-7-9-11-13-15-17-19-20-21-22-24-26-28-30-32-34-36-42(46)44-40(39-50-51(47,48)49-38-37-43)41(45)35-33-31-29-27-25-23-18-16-14-12-10-8-6-4-2/h40-41,45H,3-39,43H2,1-2H3,(H,44,46)(H,47,48)/t40-,41+/m0/s1. The highest BCUT2D eigenvalue weighted by atomic mass is 31.2. The average molecular weight is 747 g/mol. The molecule has 9 heteroatoms. The van der Waals surface area contributed by atoms with E-state index in [1.807, 2.05) is 0 Å². The fraction of sp³-hybridized carbons (Fsp3) is 0.976. The van der Waals surface area contributed by atoms with E-state index in [0.29, 0.717) is 12.8 Å². The van der Waals surface area contributed by atoms with Crippen LogP contribution in [0.5, 0.6) is 0 Å². The minimum absolute atomic E-state index is 0.0925. The lowest BCUT2D eigenvalue weighted by molar-refractivity contribution is -0.123. The highest BCUT2D eigenvalue weighted by Crippen LogP contribution is 2.43. The summed E-state index contributed by atoms with van der Waals surface area (Å²) in [4.78, 5) is 22.7. The number of aliphatic hydroxyl groups is 1. The van der Waals surface area contributed by atoms with Gasteiger partial charge >= 0.3 is 7.82 Å². The van der Waals surface area contributed by atoms with E-state index in [0.717, 1.165) is 38.5 Å². The molecular weight excluding hydrogens is 659 g/mol. The van der Waals surface area contributed by atoms with Crippen molar-refractivity contribution in [3.8, 4) is 0 Å². The Morgan fingerprint density at radius 1 is 0.569 bits per heavy atom. The van der Waals surface area contributed by atoms with Gasteiger partial charge in [-0.1, -0.05) is 213 Å². The van der Waals surface area contributed by atoms with Gasteiger partial charge in [0, 0.05) is 13.0 Å². The Morgan fingerprint density at radius 3 is 1.25 bits per heavy atom. The van der Waals surface area contributed by atoms with Gasteiger partial charge in [-0.2, -0.15) is 0 Å². The summed E-state index contributed by atoms with van der Waals surface area (Å²) in [6.07, 6.45) is 41.1. The Labute approximate surface area is 316 Å². The van der Waals surface area contributed by atoms with Crippen LogP contribution >= 0.6 is 7.82 Å². The number of nitrogens with one attached hydrogen (secondary N) is 1. The molecule has 0 aliphatic heterocycles. The summed E-state index contributed by atoms with van der Waals surface area (Å²) in [5.41, 5.74) is 5.38. The van der Waals surface area contributed by atoms with E-state index in [9.17, 15) is 19.4 Å². The van der Waals surface area contributed by atoms with E-state index in [4.69, 9.17) is 14.8 Å². The van der Waals surface area contributed by atoms with Crippen LogP contribution in [0.3, 0.4) is 0 Å².